The van der Waals surface area contributed by atoms with Crippen LogP contribution >= 0.6 is 0 Å². The number of aromatic nitrogens is 2. The number of hydrogen-bond acceptors (Lipinski definition) is 5. The van der Waals surface area contributed by atoms with E-state index >= 15 is 0 Å². The maximum Gasteiger partial charge on any atom is 0.204 e. The number of anilines is 1. The Labute approximate surface area is 146 Å². The van der Waals surface area contributed by atoms with Crippen LogP contribution in [0.1, 0.15) is 18.1 Å². The molecule has 1 aromatic heterocycles. The largest absolute Gasteiger partial charge is 0.496 e. The molecule has 0 fully saturated rings. The van der Waals surface area contributed by atoms with Gasteiger partial charge in [0.1, 0.15) is 5.75 Å². The lowest BCUT2D eigenvalue weighted by Crippen LogP contribution is -2.18. The zero-order chi connectivity index (χ0) is 17.8. The normalized spacial score (nSPS) is 11.9. The number of hydrogen-bond donors (Lipinski definition) is 2. The molecule has 1 unspecified atom stereocenters. The molecule has 0 aliphatic carbocycles. The number of nitrogens with zero attached hydrogens (tertiary/aromatic N) is 3. The molecular weight excluding hydrogens is 316 g/mol. The molecule has 0 aliphatic rings. The summed E-state index contributed by atoms with van der Waals surface area (Å²) in [6, 6.07) is 15.4. The predicted molar refractivity (Wildman–Crippen MR) is 96.7 cm³/mol. The van der Waals surface area contributed by atoms with Gasteiger partial charge in [-0.25, -0.2) is 4.98 Å². The number of aliphatic hydroxyl groups excluding tert-OH is 1. The van der Waals surface area contributed by atoms with E-state index in [1.54, 1.807) is 26.2 Å². The number of methoxy groups -OCH3 is 1. The van der Waals surface area contributed by atoms with Gasteiger partial charge in [-0.3, -0.25) is 0 Å². The standard InChI is InChI=1S/C19H20N4O2/c1-13(24)11-21-19-22-16-5-3-4-6-17(16)23(19)12-15-8-7-14(10-20)9-18(15)25-2/h3-9,13,24H,11-12H2,1-2H3,(H,21,22). The molecule has 0 amide bonds. The van der Waals surface area contributed by atoms with E-state index in [1.807, 2.05) is 34.9 Å². The van der Waals surface area contributed by atoms with Crippen LogP contribution in [0.15, 0.2) is 42.5 Å². The Morgan fingerprint density at radius 1 is 1.32 bits per heavy atom. The Balaban J connectivity index is 2.03. The van der Waals surface area contributed by atoms with E-state index in [9.17, 15) is 5.11 Å². The van der Waals surface area contributed by atoms with E-state index in [0.717, 1.165) is 16.6 Å². The fourth-order valence-electron chi connectivity index (χ4n) is 2.72. The molecule has 0 radical (unpaired) electrons. The van der Waals surface area contributed by atoms with Crippen LogP contribution in [0, 0.1) is 11.3 Å². The Kier molecular flexibility index (Phi) is 4.87. The third-order valence-corrected chi connectivity index (χ3v) is 3.95. The van der Waals surface area contributed by atoms with Gasteiger partial charge >= 0.3 is 0 Å². The van der Waals surface area contributed by atoms with Crippen LogP contribution in [-0.2, 0) is 6.54 Å². The van der Waals surface area contributed by atoms with Crippen molar-refractivity contribution < 1.29 is 9.84 Å². The van der Waals surface area contributed by atoms with Crippen molar-refractivity contribution >= 4 is 17.0 Å². The summed E-state index contributed by atoms with van der Waals surface area (Å²) in [4.78, 5) is 4.62. The molecule has 0 aliphatic heterocycles. The second kappa shape index (κ2) is 7.24. The average molecular weight is 336 g/mol. The summed E-state index contributed by atoms with van der Waals surface area (Å²) in [5.74, 6) is 1.35. The summed E-state index contributed by atoms with van der Waals surface area (Å²) in [6.45, 7) is 2.68. The highest BCUT2D eigenvalue weighted by Crippen LogP contribution is 2.26. The number of ether oxygens (including phenoxy) is 1. The average Bonchev–Trinajstić information content (AvgIpc) is 2.98. The van der Waals surface area contributed by atoms with Crippen molar-refractivity contribution in [2.45, 2.75) is 19.6 Å². The van der Waals surface area contributed by atoms with E-state index in [2.05, 4.69) is 16.4 Å². The van der Waals surface area contributed by atoms with Crippen molar-refractivity contribution in [2.24, 2.45) is 0 Å². The van der Waals surface area contributed by atoms with Crippen molar-refractivity contribution in [1.29, 1.82) is 5.26 Å². The quantitative estimate of drug-likeness (QED) is 0.723. The fourth-order valence-corrected chi connectivity index (χ4v) is 2.72. The Hall–Kier alpha value is -3.04. The van der Waals surface area contributed by atoms with Crippen LogP contribution in [-0.4, -0.2) is 34.4 Å². The summed E-state index contributed by atoms with van der Waals surface area (Å²) in [6.07, 6.45) is -0.474. The maximum absolute atomic E-state index is 9.56. The van der Waals surface area contributed by atoms with Crippen molar-refractivity contribution in [2.75, 3.05) is 19.0 Å². The highest BCUT2D eigenvalue weighted by molar-refractivity contribution is 5.78. The summed E-state index contributed by atoms with van der Waals surface area (Å²) >= 11 is 0. The van der Waals surface area contributed by atoms with Crippen LogP contribution in [0.2, 0.25) is 0 Å². The highest BCUT2D eigenvalue weighted by atomic mass is 16.5. The molecule has 2 aromatic carbocycles. The fraction of sp³-hybridized carbons (Fsp3) is 0.263. The highest BCUT2D eigenvalue weighted by Gasteiger charge is 2.13. The van der Waals surface area contributed by atoms with E-state index in [4.69, 9.17) is 10.00 Å². The van der Waals surface area contributed by atoms with E-state index < -0.39 is 6.10 Å². The SMILES string of the molecule is COc1cc(C#N)ccc1Cn1c(NCC(C)O)nc2ccccc21. The molecule has 25 heavy (non-hydrogen) atoms. The summed E-state index contributed by atoms with van der Waals surface area (Å²) in [7, 11) is 1.60. The summed E-state index contributed by atoms with van der Waals surface area (Å²) in [5, 5.41) is 21.8. The van der Waals surface area contributed by atoms with Gasteiger partial charge < -0.3 is 19.7 Å². The number of nitrogens with one attached hydrogen (secondary N) is 1. The zero-order valence-corrected chi connectivity index (χ0v) is 14.2. The molecule has 0 bridgehead atoms. The Morgan fingerprint density at radius 3 is 2.84 bits per heavy atom. The zero-order valence-electron chi connectivity index (χ0n) is 14.2. The second-order valence-corrected chi connectivity index (χ2v) is 5.88. The number of rotatable bonds is 6. The molecule has 0 spiro atoms. The molecule has 6 nitrogen and oxygen atoms in total. The lowest BCUT2D eigenvalue weighted by atomic mass is 10.1. The summed E-state index contributed by atoms with van der Waals surface area (Å²) in [5.41, 5.74) is 3.37. The van der Waals surface area contributed by atoms with Gasteiger partial charge in [-0.1, -0.05) is 18.2 Å². The molecule has 2 N–H and O–H groups in total. The lowest BCUT2D eigenvalue weighted by Gasteiger charge is -2.14. The van der Waals surface area contributed by atoms with Gasteiger partial charge in [-0.05, 0) is 31.2 Å². The molecule has 3 rings (SSSR count). The van der Waals surface area contributed by atoms with E-state index in [-0.39, 0.29) is 0 Å². The topological polar surface area (TPSA) is 83.1 Å². The van der Waals surface area contributed by atoms with E-state index in [1.165, 1.54) is 0 Å². The third kappa shape index (κ3) is 3.57. The number of aliphatic hydroxyl groups is 1. The smallest absolute Gasteiger partial charge is 0.204 e. The molecule has 3 aromatic rings. The van der Waals surface area contributed by atoms with Crippen molar-refractivity contribution in [3.8, 4) is 11.8 Å². The van der Waals surface area contributed by atoms with Crippen LogP contribution in [0.5, 0.6) is 5.75 Å². The van der Waals surface area contributed by atoms with Crippen LogP contribution in [0.4, 0.5) is 5.95 Å². The minimum Gasteiger partial charge on any atom is -0.496 e. The van der Waals surface area contributed by atoms with Gasteiger partial charge in [0.05, 0.1) is 42.4 Å². The van der Waals surface area contributed by atoms with Crippen molar-refractivity contribution in [3.63, 3.8) is 0 Å². The summed E-state index contributed by atoms with van der Waals surface area (Å²) < 4.78 is 7.48. The second-order valence-electron chi connectivity index (χ2n) is 5.88. The number of para-hydroxylation sites is 2. The number of imidazole rings is 1. The molecule has 128 valence electrons. The molecule has 1 heterocycles. The number of nitriles is 1. The van der Waals surface area contributed by atoms with Crippen LogP contribution in [0.3, 0.4) is 0 Å². The minimum atomic E-state index is -0.474. The van der Waals surface area contributed by atoms with Gasteiger partial charge in [0, 0.05) is 12.1 Å². The molecule has 1 atom stereocenters. The molecular formula is C19H20N4O2. The van der Waals surface area contributed by atoms with Crippen LogP contribution in [0.25, 0.3) is 11.0 Å². The van der Waals surface area contributed by atoms with Crippen molar-refractivity contribution in [1.82, 2.24) is 9.55 Å². The minimum absolute atomic E-state index is 0.411. The van der Waals surface area contributed by atoms with Crippen LogP contribution < -0.4 is 10.1 Å². The van der Waals surface area contributed by atoms with Crippen molar-refractivity contribution in [3.05, 3.63) is 53.6 Å². The first-order valence-corrected chi connectivity index (χ1v) is 8.06. The van der Waals surface area contributed by atoms with Gasteiger partial charge in [-0.2, -0.15) is 5.26 Å². The van der Waals surface area contributed by atoms with E-state index in [0.29, 0.717) is 30.4 Å². The predicted octanol–water partition coefficient (Wildman–Crippen LogP) is 2.76. The van der Waals surface area contributed by atoms with Gasteiger partial charge in [0.25, 0.3) is 0 Å². The first kappa shape index (κ1) is 16.8. The monoisotopic (exact) mass is 336 g/mol. The molecule has 6 heteroatoms. The Morgan fingerprint density at radius 2 is 2.12 bits per heavy atom. The number of benzene rings is 2. The van der Waals surface area contributed by atoms with Gasteiger partial charge in [0.2, 0.25) is 5.95 Å². The third-order valence-electron chi connectivity index (χ3n) is 3.95. The van der Waals surface area contributed by atoms with Gasteiger partial charge in [0.15, 0.2) is 0 Å². The maximum atomic E-state index is 9.56. The number of fused-ring (bicyclic) bond motifs is 1. The Bertz CT molecular complexity index is 925. The molecule has 0 saturated carbocycles. The first-order valence-electron chi connectivity index (χ1n) is 8.06. The molecule has 0 saturated heterocycles. The van der Waals surface area contributed by atoms with Gasteiger partial charge in [-0.15, -0.1) is 0 Å². The first-order chi connectivity index (χ1) is 12.1. The lowest BCUT2D eigenvalue weighted by molar-refractivity contribution is 0.208.